The third-order valence-corrected chi connectivity index (χ3v) is 4.45. The summed E-state index contributed by atoms with van der Waals surface area (Å²) < 4.78 is 2.24. The van der Waals surface area contributed by atoms with E-state index in [1.807, 2.05) is 42.5 Å². The number of nitrogens with zero attached hydrogens (tertiary/aromatic N) is 1. The first kappa shape index (κ1) is 11.8. The number of aromatic nitrogens is 1. The van der Waals surface area contributed by atoms with Gasteiger partial charge in [0.05, 0.1) is 16.3 Å². The fraction of sp³-hybridized carbons (Fsp3) is 0.0714. The highest BCUT2D eigenvalue weighted by Gasteiger charge is 2.13. The molecular formula is C14H11BrN2S. The Morgan fingerprint density at radius 2 is 1.78 bits per heavy atom. The van der Waals surface area contributed by atoms with Crippen molar-refractivity contribution in [1.29, 1.82) is 0 Å². The third kappa shape index (κ3) is 2.19. The molecule has 1 heterocycles. The first-order valence-corrected chi connectivity index (χ1v) is 7.21. The van der Waals surface area contributed by atoms with Crippen LogP contribution in [0.4, 0.5) is 0 Å². The maximum atomic E-state index is 6.26. The highest BCUT2D eigenvalue weighted by molar-refractivity contribution is 9.10. The predicted molar refractivity (Wildman–Crippen MR) is 79.8 cm³/mol. The molecule has 1 aromatic heterocycles. The van der Waals surface area contributed by atoms with Gasteiger partial charge in [-0.25, -0.2) is 4.98 Å². The Balaban J connectivity index is 2.00. The number of benzene rings is 2. The second-order valence-electron chi connectivity index (χ2n) is 4.05. The van der Waals surface area contributed by atoms with Crippen molar-refractivity contribution in [2.24, 2.45) is 5.73 Å². The van der Waals surface area contributed by atoms with Crippen molar-refractivity contribution in [3.8, 4) is 0 Å². The van der Waals surface area contributed by atoms with E-state index in [1.54, 1.807) is 11.3 Å². The van der Waals surface area contributed by atoms with Crippen LogP contribution in [0.2, 0.25) is 0 Å². The average molecular weight is 319 g/mol. The SMILES string of the molecule is NC(c1ccc(Br)cc1)c1nc2ccccc2s1. The molecular weight excluding hydrogens is 308 g/mol. The fourth-order valence-electron chi connectivity index (χ4n) is 1.84. The normalized spacial score (nSPS) is 12.8. The van der Waals surface area contributed by atoms with Crippen molar-refractivity contribution in [1.82, 2.24) is 4.98 Å². The van der Waals surface area contributed by atoms with E-state index in [2.05, 4.69) is 27.0 Å². The van der Waals surface area contributed by atoms with E-state index in [0.29, 0.717) is 0 Å². The Morgan fingerprint density at radius 3 is 2.50 bits per heavy atom. The van der Waals surface area contributed by atoms with Crippen LogP contribution in [-0.2, 0) is 0 Å². The maximum absolute atomic E-state index is 6.26. The molecule has 0 saturated carbocycles. The second-order valence-corrected chi connectivity index (χ2v) is 6.03. The van der Waals surface area contributed by atoms with Crippen molar-refractivity contribution < 1.29 is 0 Å². The van der Waals surface area contributed by atoms with Crippen LogP contribution >= 0.6 is 27.3 Å². The van der Waals surface area contributed by atoms with E-state index in [4.69, 9.17) is 5.73 Å². The first-order valence-electron chi connectivity index (χ1n) is 5.60. The number of para-hydroxylation sites is 1. The number of thiazole rings is 1. The monoisotopic (exact) mass is 318 g/mol. The summed E-state index contributed by atoms with van der Waals surface area (Å²) in [6.07, 6.45) is 0. The molecule has 2 N–H and O–H groups in total. The fourth-order valence-corrected chi connectivity index (χ4v) is 3.10. The van der Waals surface area contributed by atoms with Crippen LogP contribution < -0.4 is 5.73 Å². The lowest BCUT2D eigenvalue weighted by Crippen LogP contribution is -2.11. The van der Waals surface area contributed by atoms with Gasteiger partial charge in [0.15, 0.2) is 0 Å². The third-order valence-electron chi connectivity index (χ3n) is 2.81. The van der Waals surface area contributed by atoms with E-state index < -0.39 is 0 Å². The highest BCUT2D eigenvalue weighted by atomic mass is 79.9. The van der Waals surface area contributed by atoms with Gasteiger partial charge in [0.25, 0.3) is 0 Å². The van der Waals surface area contributed by atoms with E-state index >= 15 is 0 Å². The summed E-state index contributed by atoms with van der Waals surface area (Å²) in [5, 5.41) is 0.957. The highest BCUT2D eigenvalue weighted by Crippen LogP contribution is 2.29. The molecule has 0 bridgehead atoms. The average Bonchev–Trinajstić information content (AvgIpc) is 2.82. The van der Waals surface area contributed by atoms with Gasteiger partial charge in [0.2, 0.25) is 0 Å². The minimum Gasteiger partial charge on any atom is -0.318 e. The number of hydrogen-bond acceptors (Lipinski definition) is 3. The van der Waals surface area contributed by atoms with Crippen LogP contribution in [0.1, 0.15) is 16.6 Å². The van der Waals surface area contributed by atoms with Gasteiger partial charge in [-0.2, -0.15) is 0 Å². The molecule has 0 aliphatic heterocycles. The van der Waals surface area contributed by atoms with Gasteiger partial charge >= 0.3 is 0 Å². The second kappa shape index (κ2) is 4.80. The minimum atomic E-state index is -0.157. The van der Waals surface area contributed by atoms with Crippen molar-refractivity contribution in [3.63, 3.8) is 0 Å². The molecule has 3 rings (SSSR count). The summed E-state index contributed by atoms with van der Waals surface area (Å²) >= 11 is 5.08. The Bertz CT molecular complexity index is 643. The molecule has 0 saturated heterocycles. The molecule has 0 aliphatic carbocycles. The molecule has 3 aromatic rings. The van der Waals surface area contributed by atoms with E-state index in [1.165, 1.54) is 4.70 Å². The molecule has 1 unspecified atom stereocenters. The number of hydrogen-bond donors (Lipinski definition) is 1. The molecule has 0 fully saturated rings. The van der Waals surface area contributed by atoms with Crippen molar-refractivity contribution in [2.75, 3.05) is 0 Å². The topological polar surface area (TPSA) is 38.9 Å². The molecule has 90 valence electrons. The lowest BCUT2D eigenvalue weighted by Gasteiger charge is -2.08. The Kier molecular flexibility index (Phi) is 3.16. The molecule has 2 nitrogen and oxygen atoms in total. The number of halogens is 1. The van der Waals surface area contributed by atoms with Crippen molar-refractivity contribution >= 4 is 37.5 Å². The summed E-state index contributed by atoms with van der Waals surface area (Å²) in [5.41, 5.74) is 8.36. The zero-order valence-corrected chi connectivity index (χ0v) is 11.9. The van der Waals surface area contributed by atoms with Crippen LogP contribution in [0.25, 0.3) is 10.2 Å². The largest absolute Gasteiger partial charge is 0.318 e. The van der Waals surface area contributed by atoms with E-state index in [0.717, 1.165) is 20.6 Å². The van der Waals surface area contributed by atoms with Gasteiger partial charge in [0.1, 0.15) is 5.01 Å². The molecule has 2 aromatic carbocycles. The van der Waals surface area contributed by atoms with Crippen LogP contribution in [0.15, 0.2) is 53.0 Å². The summed E-state index contributed by atoms with van der Waals surface area (Å²) in [7, 11) is 0. The van der Waals surface area contributed by atoms with Crippen molar-refractivity contribution in [2.45, 2.75) is 6.04 Å². The standard InChI is InChI=1S/C14H11BrN2S/c15-10-7-5-9(6-8-10)13(16)14-17-11-3-1-2-4-12(11)18-14/h1-8,13H,16H2. The van der Waals surface area contributed by atoms with Crippen LogP contribution in [-0.4, -0.2) is 4.98 Å². The van der Waals surface area contributed by atoms with Gasteiger partial charge in [0, 0.05) is 4.47 Å². The molecule has 1 atom stereocenters. The number of nitrogens with two attached hydrogens (primary N) is 1. The van der Waals surface area contributed by atoms with Gasteiger partial charge in [-0.1, -0.05) is 40.2 Å². The number of rotatable bonds is 2. The lowest BCUT2D eigenvalue weighted by atomic mass is 10.1. The Labute approximate surface area is 118 Å². The van der Waals surface area contributed by atoms with Crippen LogP contribution in [0, 0.1) is 0 Å². The molecule has 0 amide bonds. The first-order chi connectivity index (χ1) is 8.74. The predicted octanol–water partition coefficient (Wildman–Crippen LogP) is 4.11. The summed E-state index contributed by atoms with van der Waals surface area (Å²) in [5.74, 6) is 0. The smallest absolute Gasteiger partial charge is 0.115 e. The molecule has 4 heteroatoms. The Hall–Kier alpha value is -1.23. The Morgan fingerprint density at radius 1 is 1.06 bits per heavy atom. The van der Waals surface area contributed by atoms with Crippen LogP contribution in [0.3, 0.4) is 0 Å². The number of fused-ring (bicyclic) bond motifs is 1. The van der Waals surface area contributed by atoms with Crippen molar-refractivity contribution in [3.05, 3.63) is 63.6 Å². The molecule has 0 spiro atoms. The lowest BCUT2D eigenvalue weighted by molar-refractivity contribution is 0.861. The van der Waals surface area contributed by atoms with E-state index in [9.17, 15) is 0 Å². The van der Waals surface area contributed by atoms with Gasteiger partial charge in [-0.05, 0) is 29.8 Å². The van der Waals surface area contributed by atoms with Gasteiger partial charge < -0.3 is 5.73 Å². The minimum absolute atomic E-state index is 0.157. The molecule has 18 heavy (non-hydrogen) atoms. The van der Waals surface area contributed by atoms with E-state index in [-0.39, 0.29) is 6.04 Å². The molecule has 0 aliphatic rings. The molecule has 0 radical (unpaired) electrons. The maximum Gasteiger partial charge on any atom is 0.115 e. The summed E-state index contributed by atoms with van der Waals surface area (Å²) in [6, 6.07) is 16.0. The van der Waals surface area contributed by atoms with Gasteiger partial charge in [-0.15, -0.1) is 11.3 Å². The van der Waals surface area contributed by atoms with Crippen LogP contribution in [0.5, 0.6) is 0 Å². The summed E-state index contributed by atoms with van der Waals surface area (Å²) in [4.78, 5) is 4.59. The zero-order valence-electron chi connectivity index (χ0n) is 9.51. The summed E-state index contributed by atoms with van der Waals surface area (Å²) in [6.45, 7) is 0. The van der Waals surface area contributed by atoms with Gasteiger partial charge in [-0.3, -0.25) is 0 Å². The zero-order chi connectivity index (χ0) is 12.5. The quantitative estimate of drug-likeness (QED) is 0.772.